The van der Waals surface area contributed by atoms with E-state index in [4.69, 9.17) is 0 Å². The first-order chi connectivity index (χ1) is 21.0. The molecule has 4 rings (SSSR count). The number of sulfonamides is 1. The maximum atomic E-state index is 14.4. The largest absolute Gasteiger partial charge is 0.352 e. The minimum Gasteiger partial charge on any atom is -0.352 e. The number of aryl methyl sites for hydroxylation is 2. The lowest BCUT2D eigenvalue weighted by Gasteiger charge is -2.34. The van der Waals surface area contributed by atoms with Gasteiger partial charge < -0.3 is 10.2 Å². The van der Waals surface area contributed by atoms with Gasteiger partial charge in [-0.3, -0.25) is 13.9 Å². The molecule has 7 nitrogen and oxygen atoms in total. The number of hydrogen-bond donors (Lipinski definition) is 1. The van der Waals surface area contributed by atoms with Crippen molar-refractivity contribution in [1.29, 1.82) is 0 Å². The summed E-state index contributed by atoms with van der Waals surface area (Å²) >= 11 is 0. The monoisotopic (exact) mass is 615 g/mol. The van der Waals surface area contributed by atoms with Crippen LogP contribution in [-0.4, -0.2) is 43.8 Å². The summed E-state index contributed by atoms with van der Waals surface area (Å²) in [5, 5.41) is 2.93. The van der Waals surface area contributed by atoms with Crippen molar-refractivity contribution in [2.24, 2.45) is 0 Å². The molecule has 0 aromatic heterocycles. The third-order valence-corrected chi connectivity index (χ3v) is 8.97. The molecule has 0 saturated carbocycles. The fourth-order valence-corrected chi connectivity index (χ4v) is 6.54. The van der Waals surface area contributed by atoms with Crippen molar-refractivity contribution in [3.8, 4) is 0 Å². The molecule has 9 heteroatoms. The molecular weight excluding hydrogens is 577 g/mol. The second-order valence-corrected chi connectivity index (χ2v) is 13.0. The fraction of sp³-hybridized carbons (Fsp3) is 0.257. The molecule has 0 heterocycles. The van der Waals surface area contributed by atoms with Crippen molar-refractivity contribution in [2.75, 3.05) is 10.8 Å². The van der Waals surface area contributed by atoms with Gasteiger partial charge in [-0.2, -0.15) is 0 Å². The van der Waals surface area contributed by atoms with E-state index in [0.29, 0.717) is 16.8 Å². The highest BCUT2D eigenvalue weighted by molar-refractivity contribution is 7.92. The Morgan fingerprint density at radius 2 is 1.43 bits per heavy atom. The second-order valence-electron chi connectivity index (χ2n) is 11.1. The average molecular weight is 616 g/mol. The van der Waals surface area contributed by atoms with E-state index in [1.165, 1.54) is 29.2 Å². The number of halogens is 1. The third kappa shape index (κ3) is 8.11. The molecular formula is C35H38FN3O4S. The van der Waals surface area contributed by atoms with Crippen molar-refractivity contribution in [2.45, 2.75) is 57.6 Å². The molecule has 44 heavy (non-hydrogen) atoms. The molecule has 0 saturated heterocycles. The van der Waals surface area contributed by atoms with Gasteiger partial charge in [-0.05, 0) is 74.7 Å². The highest BCUT2D eigenvalue weighted by atomic mass is 32.2. The fourth-order valence-electron chi connectivity index (χ4n) is 5.04. The first-order valence-corrected chi connectivity index (χ1v) is 15.9. The Kier molecular flexibility index (Phi) is 10.5. The summed E-state index contributed by atoms with van der Waals surface area (Å²) in [5.41, 5.74) is 3.41. The lowest BCUT2D eigenvalue weighted by Crippen LogP contribution is -2.54. The Balaban J connectivity index is 1.82. The number of nitrogens with zero attached hydrogens (tertiary/aromatic N) is 2. The Bertz CT molecular complexity index is 1680. The van der Waals surface area contributed by atoms with E-state index in [2.05, 4.69) is 5.32 Å². The number of nitrogens with one attached hydrogen (secondary N) is 1. The molecule has 0 aliphatic rings. The zero-order valence-corrected chi connectivity index (χ0v) is 26.2. The predicted octanol–water partition coefficient (Wildman–Crippen LogP) is 5.80. The van der Waals surface area contributed by atoms with Gasteiger partial charge in [0.25, 0.3) is 10.0 Å². The molecule has 0 radical (unpaired) electrons. The Labute approximate surface area is 259 Å². The minimum atomic E-state index is -4.18. The summed E-state index contributed by atoms with van der Waals surface area (Å²) in [7, 11) is -4.18. The van der Waals surface area contributed by atoms with E-state index in [1.54, 1.807) is 49.4 Å². The standard InChI is InChI=1S/C35H38FN3O4S/c1-25(2)37-35(41)33(22-28-11-7-5-8-12-28)38(23-29-16-18-30(36)19-17-29)34(40)24-39(32-20-15-26(3)21-27(32)4)44(42,43)31-13-9-6-10-14-31/h5-21,25,33H,22-24H2,1-4H3,(H,37,41)/t33-/m1/s1. The van der Waals surface area contributed by atoms with Crippen LogP contribution in [0.15, 0.2) is 108 Å². The molecule has 0 fully saturated rings. The zero-order valence-electron chi connectivity index (χ0n) is 25.4. The lowest BCUT2D eigenvalue weighted by atomic mass is 10.0. The number of hydrogen-bond acceptors (Lipinski definition) is 4. The van der Waals surface area contributed by atoms with E-state index in [1.807, 2.05) is 57.2 Å². The van der Waals surface area contributed by atoms with Crippen molar-refractivity contribution >= 4 is 27.5 Å². The molecule has 1 N–H and O–H groups in total. The molecule has 0 aliphatic heterocycles. The number of rotatable bonds is 12. The summed E-state index contributed by atoms with van der Waals surface area (Å²) < 4.78 is 43.1. The summed E-state index contributed by atoms with van der Waals surface area (Å²) in [5.74, 6) is -1.38. The maximum Gasteiger partial charge on any atom is 0.264 e. The number of carbonyl (C=O) groups excluding carboxylic acids is 2. The molecule has 4 aromatic rings. The smallest absolute Gasteiger partial charge is 0.264 e. The van der Waals surface area contributed by atoms with Crippen LogP contribution in [0.25, 0.3) is 0 Å². The molecule has 230 valence electrons. The average Bonchev–Trinajstić information content (AvgIpc) is 2.99. The van der Waals surface area contributed by atoms with Crippen LogP contribution in [0.3, 0.4) is 0 Å². The van der Waals surface area contributed by atoms with E-state index in [9.17, 15) is 22.4 Å². The minimum absolute atomic E-state index is 0.0335. The van der Waals surface area contributed by atoms with Crippen LogP contribution in [0.1, 0.15) is 36.1 Å². The lowest BCUT2D eigenvalue weighted by molar-refractivity contribution is -0.140. The van der Waals surface area contributed by atoms with Gasteiger partial charge in [0.2, 0.25) is 11.8 Å². The van der Waals surface area contributed by atoms with E-state index in [-0.39, 0.29) is 29.8 Å². The van der Waals surface area contributed by atoms with Crippen LogP contribution in [0.4, 0.5) is 10.1 Å². The molecule has 1 atom stereocenters. The van der Waals surface area contributed by atoms with Gasteiger partial charge in [-0.25, -0.2) is 12.8 Å². The zero-order chi connectivity index (χ0) is 31.9. The van der Waals surface area contributed by atoms with Gasteiger partial charge in [0.1, 0.15) is 18.4 Å². The number of benzene rings is 4. The Morgan fingerprint density at radius 3 is 2.02 bits per heavy atom. The van der Waals surface area contributed by atoms with Gasteiger partial charge in [0.15, 0.2) is 0 Å². The molecule has 0 unspecified atom stereocenters. The highest BCUT2D eigenvalue weighted by Crippen LogP contribution is 2.28. The molecule has 0 spiro atoms. The number of anilines is 1. The first kappa shape index (κ1) is 32.4. The Morgan fingerprint density at radius 1 is 0.818 bits per heavy atom. The van der Waals surface area contributed by atoms with Crippen molar-refractivity contribution in [3.05, 3.63) is 131 Å². The second kappa shape index (κ2) is 14.3. The maximum absolute atomic E-state index is 14.4. The summed E-state index contributed by atoms with van der Waals surface area (Å²) in [6, 6.07) is 27.1. The van der Waals surface area contributed by atoms with Crippen LogP contribution >= 0.6 is 0 Å². The number of amides is 2. The van der Waals surface area contributed by atoms with Gasteiger partial charge in [-0.15, -0.1) is 0 Å². The third-order valence-electron chi connectivity index (χ3n) is 7.20. The Hall–Kier alpha value is -4.50. The molecule has 0 aliphatic carbocycles. The van der Waals surface area contributed by atoms with Gasteiger partial charge >= 0.3 is 0 Å². The van der Waals surface area contributed by atoms with E-state index < -0.39 is 34.3 Å². The molecule has 2 amide bonds. The molecule has 0 bridgehead atoms. The number of carbonyl (C=O) groups is 2. The predicted molar refractivity (Wildman–Crippen MR) is 171 cm³/mol. The van der Waals surface area contributed by atoms with Gasteiger partial charge in [0.05, 0.1) is 10.6 Å². The topological polar surface area (TPSA) is 86.8 Å². The van der Waals surface area contributed by atoms with Crippen LogP contribution in [0.5, 0.6) is 0 Å². The first-order valence-electron chi connectivity index (χ1n) is 14.5. The normalized spacial score (nSPS) is 12.0. The van der Waals surface area contributed by atoms with Crippen molar-refractivity contribution in [1.82, 2.24) is 10.2 Å². The van der Waals surface area contributed by atoms with Crippen LogP contribution in [0, 0.1) is 19.7 Å². The summed E-state index contributed by atoms with van der Waals surface area (Å²) in [6.45, 7) is 6.78. The summed E-state index contributed by atoms with van der Waals surface area (Å²) in [6.07, 6.45) is 0.196. The van der Waals surface area contributed by atoms with Crippen LogP contribution < -0.4 is 9.62 Å². The molecule has 4 aromatic carbocycles. The quantitative estimate of drug-likeness (QED) is 0.218. The van der Waals surface area contributed by atoms with Crippen molar-refractivity contribution < 1.29 is 22.4 Å². The van der Waals surface area contributed by atoms with Crippen molar-refractivity contribution in [3.63, 3.8) is 0 Å². The SMILES string of the molecule is Cc1ccc(N(CC(=O)N(Cc2ccc(F)cc2)[C@H](Cc2ccccc2)C(=O)NC(C)C)S(=O)(=O)c2ccccc2)c(C)c1. The van der Waals surface area contributed by atoms with E-state index >= 15 is 0 Å². The van der Waals surface area contributed by atoms with Gasteiger partial charge in [-0.1, -0.05) is 78.4 Å². The van der Waals surface area contributed by atoms with Crippen LogP contribution in [-0.2, 0) is 32.6 Å². The highest BCUT2D eigenvalue weighted by Gasteiger charge is 2.35. The van der Waals surface area contributed by atoms with E-state index in [0.717, 1.165) is 15.4 Å². The van der Waals surface area contributed by atoms with Crippen LogP contribution in [0.2, 0.25) is 0 Å². The summed E-state index contributed by atoms with van der Waals surface area (Å²) in [4.78, 5) is 29.6. The van der Waals surface area contributed by atoms with Gasteiger partial charge in [0, 0.05) is 19.0 Å².